The zero-order valence-electron chi connectivity index (χ0n) is 13.6. The first-order chi connectivity index (χ1) is 11.7. The number of nitrogens with zero attached hydrogens (tertiary/aromatic N) is 1. The molecule has 24 heavy (non-hydrogen) atoms. The van der Waals surface area contributed by atoms with Gasteiger partial charge >= 0.3 is 0 Å². The molecule has 0 atom stereocenters. The summed E-state index contributed by atoms with van der Waals surface area (Å²) in [6.07, 6.45) is 2.99. The number of benzene rings is 2. The van der Waals surface area contributed by atoms with Crippen molar-refractivity contribution in [1.29, 1.82) is 0 Å². The summed E-state index contributed by atoms with van der Waals surface area (Å²) in [7, 11) is 0. The molecule has 1 saturated heterocycles. The Bertz CT molecular complexity index is 681. The van der Waals surface area contributed by atoms with Gasteiger partial charge in [-0.3, -0.25) is 4.79 Å². The van der Waals surface area contributed by atoms with E-state index >= 15 is 0 Å². The number of hydrogen-bond donors (Lipinski definition) is 2. The van der Waals surface area contributed by atoms with E-state index in [1.165, 1.54) is 18.5 Å². The van der Waals surface area contributed by atoms with Crippen molar-refractivity contribution in [2.45, 2.75) is 19.3 Å². The van der Waals surface area contributed by atoms with Crippen molar-refractivity contribution in [1.82, 2.24) is 0 Å². The summed E-state index contributed by atoms with van der Waals surface area (Å²) in [5, 5.41) is 6.21. The van der Waals surface area contributed by atoms with Gasteiger partial charge in [0.15, 0.2) is 0 Å². The average Bonchev–Trinajstić information content (AvgIpc) is 3.12. The fraction of sp³-hybridized carbons (Fsp3) is 0.316. The summed E-state index contributed by atoms with van der Waals surface area (Å²) in [4.78, 5) is 14.4. The van der Waals surface area contributed by atoms with Crippen molar-refractivity contribution < 1.29 is 4.79 Å². The minimum Gasteiger partial charge on any atom is -0.385 e. The standard InChI is InChI=1S/C19H22BrN3O/c20-17-5-1-2-6-18(17)22-19(24)11-12-21-15-7-9-16(10-8-15)23-13-3-4-14-23/h1-2,5-10,21H,3-4,11-14H2,(H,22,24). The molecule has 0 saturated carbocycles. The van der Waals surface area contributed by atoms with E-state index in [9.17, 15) is 4.79 Å². The first-order valence-corrected chi connectivity index (χ1v) is 9.15. The Morgan fingerprint density at radius 1 is 1.04 bits per heavy atom. The molecule has 2 aromatic carbocycles. The van der Waals surface area contributed by atoms with Gasteiger partial charge in [0.25, 0.3) is 0 Å². The second-order valence-corrected chi connectivity index (χ2v) is 6.80. The molecular formula is C19H22BrN3O. The molecule has 4 nitrogen and oxygen atoms in total. The molecule has 1 aliphatic heterocycles. The summed E-state index contributed by atoms with van der Waals surface area (Å²) < 4.78 is 0.892. The number of hydrogen-bond acceptors (Lipinski definition) is 3. The fourth-order valence-electron chi connectivity index (χ4n) is 2.86. The predicted molar refractivity (Wildman–Crippen MR) is 104 cm³/mol. The van der Waals surface area contributed by atoms with Crippen molar-refractivity contribution in [2.24, 2.45) is 0 Å². The van der Waals surface area contributed by atoms with Crippen LogP contribution in [-0.2, 0) is 4.79 Å². The minimum absolute atomic E-state index is 0.00286. The molecule has 2 N–H and O–H groups in total. The first-order valence-electron chi connectivity index (χ1n) is 8.35. The van der Waals surface area contributed by atoms with Crippen LogP contribution >= 0.6 is 15.9 Å². The number of para-hydroxylation sites is 1. The number of anilines is 3. The van der Waals surface area contributed by atoms with Crippen LogP contribution in [0.5, 0.6) is 0 Å². The van der Waals surface area contributed by atoms with Crippen LogP contribution in [-0.4, -0.2) is 25.5 Å². The third kappa shape index (κ3) is 4.51. The summed E-state index contributed by atoms with van der Waals surface area (Å²) >= 11 is 3.43. The summed E-state index contributed by atoms with van der Waals surface area (Å²) in [5.74, 6) is 0.00286. The molecule has 0 bridgehead atoms. The lowest BCUT2D eigenvalue weighted by molar-refractivity contribution is -0.115. The van der Waals surface area contributed by atoms with Crippen LogP contribution in [0.3, 0.4) is 0 Å². The van der Waals surface area contributed by atoms with Gasteiger partial charge in [-0.2, -0.15) is 0 Å². The van der Waals surface area contributed by atoms with Gasteiger partial charge in [0, 0.05) is 41.9 Å². The number of halogens is 1. The third-order valence-electron chi connectivity index (χ3n) is 4.17. The number of nitrogens with one attached hydrogen (secondary N) is 2. The van der Waals surface area contributed by atoms with Gasteiger partial charge in [0.1, 0.15) is 0 Å². The highest BCUT2D eigenvalue weighted by atomic mass is 79.9. The lowest BCUT2D eigenvalue weighted by atomic mass is 10.2. The maximum Gasteiger partial charge on any atom is 0.226 e. The predicted octanol–water partition coefficient (Wildman–Crippen LogP) is 4.49. The Hall–Kier alpha value is -2.01. The Balaban J connectivity index is 1.44. The number of carbonyl (C=O) groups is 1. The smallest absolute Gasteiger partial charge is 0.226 e. The molecule has 1 heterocycles. The Morgan fingerprint density at radius 3 is 2.46 bits per heavy atom. The molecule has 1 amide bonds. The number of carbonyl (C=O) groups excluding carboxylic acids is 1. The number of amides is 1. The van der Waals surface area contributed by atoms with E-state index in [0.717, 1.165) is 28.9 Å². The van der Waals surface area contributed by atoms with Crippen molar-refractivity contribution in [3.63, 3.8) is 0 Å². The van der Waals surface area contributed by atoms with Gasteiger partial charge in [0.05, 0.1) is 5.69 Å². The van der Waals surface area contributed by atoms with Gasteiger partial charge in [-0.25, -0.2) is 0 Å². The van der Waals surface area contributed by atoms with Gasteiger partial charge in [-0.05, 0) is 65.2 Å². The van der Waals surface area contributed by atoms with Gasteiger partial charge in [-0.15, -0.1) is 0 Å². The molecule has 2 aromatic rings. The summed E-state index contributed by atoms with van der Waals surface area (Å²) in [6.45, 7) is 2.92. The lowest BCUT2D eigenvalue weighted by Crippen LogP contribution is -2.18. The SMILES string of the molecule is O=C(CCNc1ccc(N2CCCC2)cc1)Nc1ccccc1Br. The summed E-state index contributed by atoms with van der Waals surface area (Å²) in [5.41, 5.74) is 3.13. The molecule has 5 heteroatoms. The van der Waals surface area contributed by atoms with Crippen LogP contribution < -0.4 is 15.5 Å². The molecule has 1 aliphatic rings. The normalized spacial score (nSPS) is 13.8. The van der Waals surface area contributed by atoms with Crippen LogP contribution in [0.2, 0.25) is 0 Å². The van der Waals surface area contributed by atoms with Gasteiger partial charge < -0.3 is 15.5 Å². The van der Waals surface area contributed by atoms with E-state index in [1.807, 2.05) is 24.3 Å². The zero-order chi connectivity index (χ0) is 16.8. The molecule has 1 fully saturated rings. The quantitative estimate of drug-likeness (QED) is 0.767. The van der Waals surface area contributed by atoms with Gasteiger partial charge in [0.2, 0.25) is 5.91 Å². The fourth-order valence-corrected chi connectivity index (χ4v) is 3.24. The summed E-state index contributed by atoms with van der Waals surface area (Å²) in [6, 6.07) is 16.1. The largest absolute Gasteiger partial charge is 0.385 e. The van der Waals surface area contributed by atoms with Crippen LogP contribution in [0.25, 0.3) is 0 Å². The maximum absolute atomic E-state index is 12.0. The first kappa shape index (κ1) is 16.8. The van der Waals surface area contributed by atoms with Crippen LogP contribution in [0, 0.1) is 0 Å². The van der Waals surface area contributed by atoms with Crippen molar-refractivity contribution in [3.05, 3.63) is 53.0 Å². The topological polar surface area (TPSA) is 44.4 Å². The maximum atomic E-state index is 12.0. The Labute approximate surface area is 151 Å². The molecule has 0 spiro atoms. The van der Waals surface area contributed by atoms with E-state index in [0.29, 0.717) is 13.0 Å². The van der Waals surface area contributed by atoms with Crippen LogP contribution in [0.4, 0.5) is 17.1 Å². The minimum atomic E-state index is 0.00286. The number of rotatable bonds is 6. The molecule has 0 aromatic heterocycles. The highest BCUT2D eigenvalue weighted by molar-refractivity contribution is 9.10. The molecule has 0 unspecified atom stereocenters. The lowest BCUT2D eigenvalue weighted by Gasteiger charge is -2.18. The van der Waals surface area contributed by atoms with Crippen molar-refractivity contribution in [3.8, 4) is 0 Å². The molecule has 126 valence electrons. The van der Waals surface area contributed by atoms with Gasteiger partial charge in [-0.1, -0.05) is 12.1 Å². The molecule has 0 aliphatic carbocycles. The molecule has 3 rings (SSSR count). The Morgan fingerprint density at radius 2 is 1.75 bits per heavy atom. The Kier molecular flexibility index (Phi) is 5.75. The van der Waals surface area contributed by atoms with E-state index in [-0.39, 0.29) is 5.91 Å². The van der Waals surface area contributed by atoms with E-state index in [4.69, 9.17) is 0 Å². The monoisotopic (exact) mass is 387 g/mol. The van der Waals surface area contributed by atoms with Crippen molar-refractivity contribution in [2.75, 3.05) is 35.2 Å². The van der Waals surface area contributed by atoms with Crippen molar-refractivity contribution >= 4 is 38.9 Å². The average molecular weight is 388 g/mol. The van der Waals surface area contributed by atoms with E-state index in [1.54, 1.807) is 0 Å². The van der Waals surface area contributed by atoms with E-state index in [2.05, 4.69) is 55.7 Å². The highest BCUT2D eigenvalue weighted by Gasteiger charge is 2.11. The zero-order valence-corrected chi connectivity index (χ0v) is 15.2. The van der Waals surface area contributed by atoms with E-state index < -0.39 is 0 Å². The van der Waals surface area contributed by atoms with Crippen LogP contribution in [0.15, 0.2) is 53.0 Å². The molecular weight excluding hydrogens is 366 g/mol. The second kappa shape index (κ2) is 8.20. The second-order valence-electron chi connectivity index (χ2n) is 5.95. The van der Waals surface area contributed by atoms with Crippen LogP contribution in [0.1, 0.15) is 19.3 Å². The third-order valence-corrected chi connectivity index (χ3v) is 4.86. The molecule has 0 radical (unpaired) electrons. The highest BCUT2D eigenvalue weighted by Crippen LogP contribution is 2.22.